The van der Waals surface area contributed by atoms with Crippen LogP contribution in [0.4, 0.5) is 0 Å². The number of nitrogens with one attached hydrogen (secondary N) is 1. The molecule has 9 heteroatoms. The Hall–Kier alpha value is -2.10. The Bertz CT molecular complexity index is 843. The summed E-state index contributed by atoms with van der Waals surface area (Å²) in [4.78, 5) is 34.7. The van der Waals surface area contributed by atoms with Gasteiger partial charge in [0, 0.05) is 6.42 Å². The van der Waals surface area contributed by atoms with E-state index in [1.165, 1.54) is 0 Å². The van der Waals surface area contributed by atoms with Crippen molar-refractivity contribution in [3.8, 4) is 0 Å². The first-order valence-corrected chi connectivity index (χ1v) is 6.86. The molecule has 0 amide bonds. The highest BCUT2D eigenvalue weighted by atomic mass is 16.5. The van der Waals surface area contributed by atoms with Crippen LogP contribution in [0.15, 0.2) is 9.59 Å². The lowest BCUT2D eigenvalue weighted by molar-refractivity contribution is -0.0445. The van der Waals surface area contributed by atoms with E-state index in [1.54, 1.807) is 13.8 Å². The van der Waals surface area contributed by atoms with Gasteiger partial charge in [0.1, 0.15) is 12.3 Å². The Labute approximate surface area is 124 Å². The number of aryl methyl sites for hydroxylation is 2. The average molecular weight is 308 g/mol. The van der Waals surface area contributed by atoms with Gasteiger partial charge in [0.15, 0.2) is 11.2 Å². The standard InChI is InChI=1S/C13H16N4O5/c1-5-6(2)15-11-10(14-5)12(20)16-13(21)17(11)9-3-7(19)8(4-18)22-9/h7-9,18-19H,3-4H2,1-2H3,(H,16,20,21)/t7-,8+,9+/m0/s1. The summed E-state index contributed by atoms with van der Waals surface area (Å²) in [5, 5.41) is 19.0. The van der Waals surface area contributed by atoms with Gasteiger partial charge in [-0.05, 0) is 13.8 Å². The van der Waals surface area contributed by atoms with Crippen molar-refractivity contribution in [3.05, 3.63) is 32.2 Å². The van der Waals surface area contributed by atoms with Gasteiger partial charge in [-0.3, -0.25) is 9.78 Å². The van der Waals surface area contributed by atoms with E-state index < -0.39 is 29.7 Å². The molecule has 9 nitrogen and oxygen atoms in total. The van der Waals surface area contributed by atoms with Gasteiger partial charge in [-0.2, -0.15) is 0 Å². The molecule has 0 unspecified atom stereocenters. The summed E-state index contributed by atoms with van der Waals surface area (Å²) in [6.07, 6.45) is -2.39. The zero-order valence-electron chi connectivity index (χ0n) is 12.1. The van der Waals surface area contributed by atoms with E-state index in [9.17, 15) is 14.7 Å². The molecule has 3 N–H and O–H groups in total. The van der Waals surface area contributed by atoms with Crippen LogP contribution in [0.2, 0.25) is 0 Å². The molecule has 22 heavy (non-hydrogen) atoms. The minimum atomic E-state index is -0.900. The number of H-pyrrole nitrogens is 1. The van der Waals surface area contributed by atoms with Crippen molar-refractivity contribution in [2.45, 2.75) is 38.7 Å². The SMILES string of the molecule is Cc1nc2c(=O)[nH]c(=O)n([C@H]3C[C@H](O)[C@@H](CO)O3)c2nc1C. The zero-order chi connectivity index (χ0) is 16.0. The van der Waals surface area contributed by atoms with Crippen LogP contribution in [0.5, 0.6) is 0 Å². The maximum absolute atomic E-state index is 12.2. The summed E-state index contributed by atoms with van der Waals surface area (Å²) in [5.41, 5.74) is 0.00290. The molecule has 3 atom stereocenters. The topological polar surface area (TPSA) is 130 Å². The molecular formula is C13H16N4O5. The van der Waals surface area contributed by atoms with Crippen LogP contribution in [0.25, 0.3) is 11.2 Å². The second-order valence-electron chi connectivity index (χ2n) is 5.31. The van der Waals surface area contributed by atoms with Gasteiger partial charge >= 0.3 is 5.69 Å². The second kappa shape index (κ2) is 5.27. The number of aromatic amines is 1. The highest BCUT2D eigenvalue weighted by molar-refractivity contribution is 5.69. The number of ether oxygens (including phenoxy) is 1. The molecule has 0 aromatic carbocycles. The molecule has 1 aliphatic heterocycles. The normalized spacial score (nSPS) is 25.0. The van der Waals surface area contributed by atoms with Gasteiger partial charge in [0.05, 0.1) is 24.1 Å². The number of aromatic nitrogens is 4. The van der Waals surface area contributed by atoms with E-state index >= 15 is 0 Å². The van der Waals surface area contributed by atoms with Gasteiger partial charge in [-0.15, -0.1) is 0 Å². The Morgan fingerprint density at radius 3 is 2.64 bits per heavy atom. The van der Waals surface area contributed by atoms with Gasteiger partial charge < -0.3 is 14.9 Å². The summed E-state index contributed by atoms with van der Waals surface area (Å²) in [6.45, 7) is 3.07. The van der Waals surface area contributed by atoms with Crippen LogP contribution in [-0.4, -0.2) is 48.5 Å². The van der Waals surface area contributed by atoms with Crippen molar-refractivity contribution in [2.24, 2.45) is 0 Å². The molecule has 3 rings (SSSR count). The second-order valence-corrected chi connectivity index (χ2v) is 5.31. The van der Waals surface area contributed by atoms with Gasteiger partial charge in [0.2, 0.25) is 0 Å². The van der Waals surface area contributed by atoms with Gasteiger partial charge in [0.25, 0.3) is 5.56 Å². The van der Waals surface area contributed by atoms with Crippen molar-refractivity contribution in [3.63, 3.8) is 0 Å². The summed E-state index contributed by atoms with van der Waals surface area (Å²) in [6, 6.07) is 0. The molecule has 0 saturated carbocycles. The summed E-state index contributed by atoms with van der Waals surface area (Å²) >= 11 is 0. The van der Waals surface area contributed by atoms with Gasteiger partial charge in [-0.25, -0.2) is 19.3 Å². The number of fused-ring (bicyclic) bond motifs is 1. The van der Waals surface area contributed by atoms with Crippen LogP contribution in [0, 0.1) is 13.8 Å². The lowest BCUT2D eigenvalue weighted by Crippen LogP contribution is -2.34. The van der Waals surface area contributed by atoms with Crippen LogP contribution < -0.4 is 11.2 Å². The molecule has 2 aromatic heterocycles. The quantitative estimate of drug-likeness (QED) is 0.631. The third-order valence-electron chi connectivity index (χ3n) is 3.84. The minimum absolute atomic E-state index is 0.0354. The van der Waals surface area contributed by atoms with Crippen molar-refractivity contribution >= 4 is 11.2 Å². The summed E-state index contributed by atoms with van der Waals surface area (Å²) in [7, 11) is 0. The number of hydrogen-bond acceptors (Lipinski definition) is 7. The fraction of sp³-hybridized carbons (Fsp3) is 0.538. The molecular weight excluding hydrogens is 292 g/mol. The average Bonchev–Trinajstić information content (AvgIpc) is 2.82. The van der Waals surface area contributed by atoms with E-state index in [-0.39, 0.29) is 24.2 Å². The predicted octanol–water partition coefficient (Wildman–Crippen LogP) is -1.26. The molecule has 1 saturated heterocycles. The molecule has 118 valence electrons. The Morgan fingerprint density at radius 1 is 1.32 bits per heavy atom. The van der Waals surface area contributed by atoms with Crippen LogP contribution in [0.1, 0.15) is 24.0 Å². The molecule has 2 aromatic rings. The number of rotatable bonds is 2. The highest BCUT2D eigenvalue weighted by Gasteiger charge is 2.36. The lowest BCUT2D eigenvalue weighted by atomic mass is 10.2. The molecule has 1 fully saturated rings. The molecule has 0 aliphatic carbocycles. The third kappa shape index (κ3) is 2.23. The summed E-state index contributed by atoms with van der Waals surface area (Å²) < 4.78 is 6.64. The Balaban J connectivity index is 2.24. The molecule has 0 spiro atoms. The smallest absolute Gasteiger partial charge is 0.332 e. The van der Waals surface area contributed by atoms with E-state index in [2.05, 4.69) is 15.0 Å². The maximum atomic E-state index is 12.2. The van der Waals surface area contributed by atoms with Crippen molar-refractivity contribution in [1.29, 1.82) is 0 Å². The number of hydrogen-bond donors (Lipinski definition) is 3. The Kier molecular flexibility index (Phi) is 3.55. The number of aliphatic hydroxyl groups excluding tert-OH is 2. The first kappa shape index (κ1) is 14.8. The van der Waals surface area contributed by atoms with Crippen molar-refractivity contribution < 1.29 is 14.9 Å². The lowest BCUT2D eigenvalue weighted by Gasteiger charge is -2.16. The monoisotopic (exact) mass is 308 g/mol. The molecule has 1 aliphatic rings. The predicted molar refractivity (Wildman–Crippen MR) is 75.5 cm³/mol. The Morgan fingerprint density at radius 2 is 2.00 bits per heavy atom. The first-order valence-electron chi connectivity index (χ1n) is 6.86. The fourth-order valence-corrected chi connectivity index (χ4v) is 2.53. The van der Waals surface area contributed by atoms with Crippen molar-refractivity contribution in [2.75, 3.05) is 6.61 Å². The minimum Gasteiger partial charge on any atom is -0.394 e. The van der Waals surface area contributed by atoms with E-state index in [4.69, 9.17) is 9.84 Å². The van der Waals surface area contributed by atoms with Gasteiger partial charge in [-0.1, -0.05) is 0 Å². The van der Waals surface area contributed by atoms with Crippen LogP contribution in [0.3, 0.4) is 0 Å². The fourth-order valence-electron chi connectivity index (χ4n) is 2.53. The van der Waals surface area contributed by atoms with Crippen LogP contribution in [-0.2, 0) is 4.74 Å². The maximum Gasteiger partial charge on any atom is 0.332 e. The van der Waals surface area contributed by atoms with E-state index in [0.717, 1.165) is 4.57 Å². The summed E-state index contributed by atoms with van der Waals surface area (Å²) in [5.74, 6) is 0. The first-order chi connectivity index (χ1) is 10.4. The van der Waals surface area contributed by atoms with E-state index in [0.29, 0.717) is 11.4 Å². The molecule has 0 radical (unpaired) electrons. The zero-order valence-corrected chi connectivity index (χ0v) is 12.1. The molecule has 3 heterocycles. The third-order valence-corrected chi connectivity index (χ3v) is 3.84. The van der Waals surface area contributed by atoms with E-state index in [1.807, 2.05) is 0 Å². The number of nitrogens with zero attached hydrogens (tertiary/aromatic N) is 3. The largest absolute Gasteiger partial charge is 0.394 e. The number of aliphatic hydroxyl groups is 2. The van der Waals surface area contributed by atoms with Crippen LogP contribution >= 0.6 is 0 Å². The highest BCUT2D eigenvalue weighted by Crippen LogP contribution is 2.28. The van der Waals surface area contributed by atoms with Crippen molar-refractivity contribution in [1.82, 2.24) is 19.5 Å². The molecule has 0 bridgehead atoms.